The van der Waals surface area contributed by atoms with Crippen molar-refractivity contribution < 1.29 is 4.74 Å². The molecular weight excluding hydrogens is 222 g/mol. The summed E-state index contributed by atoms with van der Waals surface area (Å²) in [7, 11) is 0. The fourth-order valence-corrected chi connectivity index (χ4v) is 2.90. The summed E-state index contributed by atoms with van der Waals surface area (Å²) in [6, 6.07) is 0.370. The second kappa shape index (κ2) is 9.80. The van der Waals surface area contributed by atoms with Crippen LogP contribution in [0.3, 0.4) is 0 Å². The van der Waals surface area contributed by atoms with E-state index in [4.69, 9.17) is 10.5 Å². The van der Waals surface area contributed by atoms with Crippen molar-refractivity contribution >= 4 is 0 Å². The molecule has 0 amide bonds. The number of nitrogens with two attached hydrogens (primary N) is 1. The lowest BCUT2D eigenvalue weighted by molar-refractivity contribution is 0.118. The number of hydrogen-bond acceptors (Lipinski definition) is 2. The lowest BCUT2D eigenvalue weighted by atomic mass is 9.93. The van der Waals surface area contributed by atoms with Gasteiger partial charge in [-0.05, 0) is 25.7 Å². The zero-order chi connectivity index (χ0) is 13.2. The summed E-state index contributed by atoms with van der Waals surface area (Å²) in [6.45, 7) is 5.32. The molecule has 0 aromatic rings. The molecule has 2 nitrogen and oxygen atoms in total. The molecule has 0 radical (unpaired) electrons. The first-order valence-corrected chi connectivity index (χ1v) is 8.11. The number of hydrogen-bond donors (Lipinski definition) is 1. The minimum atomic E-state index is 0.370. The second-order valence-corrected chi connectivity index (χ2v) is 6.07. The summed E-state index contributed by atoms with van der Waals surface area (Å²) in [6.07, 6.45) is 13.9. The Morgan fingerprint density at radius 2 is 1.67 bits per heavy atom. The Kier molecular flexibility index (Phi) is 8.70. The van der Waals surface area contributed by atoms with Crippen molar-refractivity contribution in [2.75, 3.05) is 6.61 Å². The third-order valence-electron chi connectivity index (χ3n) is 4.23. The highest BCUT2D eigenvalue weighted by Crippen LogP contribution is 2.24. The molecule has 0 aliphatic carbocycles. The minimum absolute atomic E-state index is 0.370. The molecule has 1 saturated heterocycles. The summed E-state index contributed by atoms with van der Waals surface area (Å²) < 4.78 is 5.59. The zero-order valence-corrected chi connectivity index (χ0v) is 12.5. The number of unbranched alkanes of at least 4 members (excludes halogenated alkanes) is 7. The van der Waals surface area contributed by atoms with Gasteiger partial charge >= 0.3 is 0 Å². The fraction of sp³-hybridized carbons (Fsp3) is 1.00. The van der Waals surface area contributed by atoms with Gasteiger partial charge in [-0.1, -0.05) is 58.3 Å². The van der Waals surface area contributed by atoms with Crippen LogP contribution in [0, 0.1) is 5.92 Å². The van der Waals surface area contributed by atoms with Crippen LogP contribution in [-0.2, 0) is 4.74 Å². The molecule has 0 aromatic heterocycles. The van der Waals surface area contributed by atoms with Crippen molar-refractivity contribution in [1.29, 1.82) is 0 Å². The van der Waals surface area contributed by atoms with Gasteiger partial charge in [0.2, 0.25) is 0 Å². The van der Waals surface area contributed by atoms with Crippen molar-refractivity contribution in [2.45, 2.75) is 90.2 Å². The molecule has 1 rings (SSSR count). The molecule has 0 spiro atoms. The van der Waals surface area contributed by atoms with Gasteiger partial charge in [-0.2, -0.15) is 0 Å². The Hall–Kier alpha value is -0.0800. The Labute approximate surface area is 114 Å². The second-order valence-electron chi connectivity index (χ2n) is 6.07. The molecule has 1 heterocycles. The Bertz CT molecular complexity index is 196. The zero-order valence-electron chi connectivity index (χ0n) is 12.5. The normalized spacial score (nSPS) is 25.5. The van der Waals surface area contributed by atoms with Crippen LogP contribution in [0.15, 0.2) is 0 Å². The third kappa shape index (κ3) is 6.75. The summed E-state index contributed by atoms with van der Waals surface area (Å²) in [5.74, 6) is 0.615. The molecule has 1 aliphatic heterocycles. The van der Waals surface area contributed by atoms with Crippen molar-refractivity contribution in [2.24, 2.45) is 11.7 Å². The number of rotatable bonds is 10. The number of ether oxygens (including phenoxy) is 1. The molecule has 1 aliphatic rings. The van der Waals surface area contributed by atoms with Crippen LogP contribution in [0.25, 0.3) is 0 Å². The van der Waals surface area contributed by atoms with E-state index < -0.39 is 0 Å². The van der Waals surface area contributed by atoms with E-state index in [0.29, 0.717) is 18.1 Å². The van der Waals surface area contributed by atoms with E-state index in [1.165, 1.54) is 57.8 Å². The summed E-state index contributed by atoms with van der Waals surface area (Å²) >= 11 is 0. The van der Waals surface area contributed by atoms with Crippen LogP contribution in [0.5, 0.6) is 0 Å². The van der Waals surface area contributed by atoms with E-state index in [9.17, 15) is 0 Å². The quantitative estimate of drug-likeness (QED) is 0.592. The monoisotopic (exact) mass is 255 g/mol. The maximum Gasteiger partial charge on any atom is 0.0551 e. The van der Waals surface area contributed by atoms with Crippen LogP contribution < -0.4 is 5.73 Å². The van der Waals surface area contributed by atoms with Crippen LogP contribution in [0.1, 0.15) is 78.1 Å². The maximum atomic E-state index is 6.24. The highest BCUT2D eigenvalue weighted by molar-refractivity contribution is 4.79. The highest BCUT2D eigenvalue weighted by atomic mass is 16.5. The first kappa shape index (κ1) is 16.0. The SMILES string of the molecule is CCCCCCCCCCC(N)C1COC(C)C1. The van der Waals surface area contributed by atoms with E-state index in [1.807, 2.05) is 0 Å². The lowest BCUT2D eigenvalue weighted by Gasteiger charge is -2.17. The van der Waals surface area contributed by atoms with Gasteiger partial charge in [-0.3, -0.25) is 0 Å². The third-order valence-corrected chi connectivity index (χ3v) is 4.23. The Morgan fingerprint density at radius 1 is 1.06 bits per heavy atom. The van der Waals surface area contributed by atoms with Gasteiger partial charge in [0.25, 0.3) is 0 Å². The van der Waals surface area contributed by atoms with Crippen molar-refractivity contribution in [3.63, 3.8) is 0 Å². The molecule has 108 valence electrons. The topological polar surface area (TPSA) is 35.2 Å². The van der Waals surface area contributed by atoms with E-state index in [-0.39, 0.29) is 0 Å². The molecular formula is C16H33NO. The minimum Gasteiger partial charge on any atom is -0.378 e. The predicted molar refractivity (Wildman–Crippen MR) is 78.7 cm³/mol. The average molecular weight is 255 g/mol. The largest absolute Gasteiger partial charge is 0.378 e. The van der Waals surface area contributed by atoms with Gasteiger partial charge < -0.3 is 10.5 Å². The summed E-state index contributed by atoms with van der Waals surface area (Å²) in [5.41, 5.74) is 6.24. The molecule has 18 heavy (non-hydrogen) atoms. The van der Waals surface area contributed by atoms with E-state index in [0.717, 1.165) is 13.0 Å². The van der Waals surface area contributed by atoms with Crippen molar-refractivity contribution in [3.8, 4) is 0 Å². The van der Waals surface area contributed by atoms with Gasteiger partial charge in [0.05, 0.1) is 12.7 Å². The lowest BCUT2D eigenvalue weighted by Crippen LogP contribution is -2.30. The fourth-order valence-electron chi connectivity index (χ4n) is 2.90. The van der Waals surface area contributed by atoms with Crippen LogP contribution in [0.2, 0.25) is 0 Å². The smallest absolute Gasteiger partial charge is 0.0551 e. The first-order valence-electron chi connectivity index (χ1n) is 8.11. The van der Waals surface area contributed by atoms with Gasteiger partial charge in [0.1, 0.15) is 0 Å². The molecule has 0 bridgehead atoms. The summed E-state index contributed by atoms with van der Waals surface area (Å²) in [5, 5.41) is 0. The van der Waals surface area contributed by atoms with Crippen LogP contribution in [0.4, 0.5) is 0 Å². The average Bonchev–Trinajstić information content (AvgIpc) is 2.79. The molecule has 1 fully saturated rings. The standard InChI is InChI=1S/C16H33NO/c1-3-4-5-6-7-8-9-10-11-16(17)15-12-14(2)18-13-15/h14-16H,3-13,17H2,1-2H3. The van der Waals surface area contributed by atoms with Gasteiger partial charge in [0, 0.05) is 6.04 Å². The molecule has 2 heteroatoms. The molecule has 0 saturated carbocycles. The van der Waals surface area contributed by atoms with E-state index in [1.54, 1.807) is 0 Å². The highest BCUT2D eigenvalue weighted by Gasteiger charge is 2.26. The maximum absolute atomic E-state index is 6.24. The van der Waals surface area contributed by atoms with Gasteiger partial charge in [-0.15, -0.1) is 0 Å². The van der Waals surface area contributed by atoms with E-state index >= 15 is 0 Å². The van der Waals surface area contributed by atoms with E-state index in [2.05, 4.69) is 13.8 Å². The Morgan fingerprint density at radius 3 is 2.22 bits per heavy atom. The molecule has 3 unspecified atom stereocenters. The predicted octanol–water partition coefficient (Wildman–Crippen LogP) is 4.27. The van der Waals surface area contributed by atoms with Crippen LogP contribution in [-0.4, -0.2) is 18.8 Å². The summed E-state index contributed by atoms with van der Waals surface area (Å²) in [4.78, 5) is 0. The van der Waals surface area contributed by atoms with Crippen LogP contribution >= 0.6 is 0 Å². The Balaban J connectivity index is 1.88. The van der Waals surface area contributed by atoms with Crippen molar-refractivity contribution in [1.82, 2.24) is 0 Å². The molecule has 2 N–H and O–H groups in total. The van der Waals surface area contributed by atoms with Crippen molar-refractivity contribution in [3.05, 3.63) is 0 Å². The molecule has 3 atom stereocenters. The molecule has 0 aromatic carbocycles. The van der Waals surface area contributed by atoms with Gasteiger partial charge in [-0.25, -0.2) is 0 Å². The van der Waals surface area contributed by atoms with Gasteiger partial charge in [0.15, 0.2) is 0 Å². The first-order chi connectivity index (χ1) is 8.74.